The van der Waals surface area contributed by atoms with E-state index in [2.05, 4.69) is 10.3 Å². The number of pyridine rings is 1. The standard InChI is InChI=1S/C21H25N3O4/c1-12-7-8-19(28-12)16-10-24(11-18(16)22-13(2)25)21(27)15-9-14-5-3-4-6-17(14)23-20(15)26/h7-9,16,18H,3-6,10-11H2,1-2H3,(H,22,25)(H,23,26)/t16-,18-/m1/s1. The molecule has 0 unspecified atom stereocenters. The molecule has 2 aromatic heterocycles. The number of carbonyl (C=O) groups is 2. The third-order valence-corrected chi connectivity index (χ3v) is 5.69. The average molecular weight is 383 g/mol. The number of hydrogen-bond acceptors (Lipinski definition) is 4. The van der Waals surface area contributed by atoms with Gasteiger partial charge >= 0.3 is 0 Å². The van der Waals surface area contributed by atoms with Crippen LogP contribution >= 0.6 is 0 Å². The Labute approximate surface area is 163 Å². The van der Waals surface area contributed by atoms with E-state index in [0.717, 1.165) is 48.5 Å². The minimum Gasteiger partial charge on any atom is -0.466 e. The third-order valence-electron chi connectivity index (χ3n) is 5.69. The molecule has 0 spiro atoms. The molecule has 3 heterocycles. The molecule has 1 aliphatic heterocycles. The number of aryl methyl sites for hydroxylation is 3. The van der Waals surface area contributed by atoms with Crippen molar-refractivity contribution in [2.45, 2.75) is 51.5 Å². The summed E-state index contributed by atoms with van der Waals surface area (Å²) in [5.74, 6) is 0.937. The molecule has 7 nitrogen and oxygen atoms in total. The van der Waals surface area contributed by atoms with Crippen molar-refractivity contribution in [3.05, 3.63) is 56.9 Å². The first-order valence-corrected chi connectivity index (χ1v) is 9.80. The number of nitrogens with zero attached hydrogens (tertiary/aromatic N) is 1. The van der Waals surface area contributed by atoms with Crippen LogP contribution in [0.15, 0.2) is 27.4 Å². The van der Waals surface area contributed by atoms with E-state index < -0.39 is 0 Å². The smallest absolute Gasteiger partial charge is 0.261 e. The van der Waals surface area contributed by atoms with E-state index in [4.69, 9.17) is 4.42 Å². The van der Waals surface area contributed by atoms with E-state index in [1.54, 1.807) is 11.0 Å². The highest BCUT2D eigenvalue weighted by atomic mass is 16.3. The van der Waals surface area contributed by atoms with Crippen LogP contribution in [0.1, 0.15) is 58.8 Å². The number of aromatic nitrogens is 1. The van der Waals surface area contributed by atoms with Gasteiger partial charge in [-0.3, -0.25) is 14.4 Å². The summed E-state index contributed by atoms with van der Waals surface area (Å²) in [5.41, 5.74) is 1.86. The van der Waals surface area contributed by atoms with Crippen LogP contribution in [0.2, 0.25) is 0 Å². The Bertz CT molecular complexity index is 974. The lowest BCUT2D eigenvalue weighted by molar-refractivity contribution is -0.119. The van der Waals surface area contributed by atoms with Gasteiger partial charge in [-0.15, -0.1) is 0 Å². The van der Waals surface area contributed by atoms with Crippen molar-refractivity contribution < 1.29 is 14.0 Å². The molecule has 1 fully saturated rings. The first kappa shape index (κ1) is 18.5. The molecule has 2 atom stereocenters. The van der Waals surface area contributed by atoms with Crippen LogP contribution in [0.3, 0.4) is 0 Å². The maximum atomic E-state index is 13.1. The number of amides is 2. The summed E-state index contributed by atoms with van der Waals surface area (Å²) in [6, 6.07) is 5.27. The normalized spacial score (nSPS) is 21.4. The maximum absolute atomic E-state index is 13.1. The highest BCUT2D eigenvalue weighted by Gasteiger charge is 2.39. The van der Waals surface area contributed by atoms with Gasteiger partial charge in [0.2, 0.25) is 5.91 Å². The quantitative estimate of drug-likeness (QED) is 0.846. The van der Waals surface area contributed by atoms with Crippen molar-refractivity contribution >= 4 is 11.8 Å². The van der Waals surface area contributed by atoms with Gasteiger partial charge in [0.25, 0.3) is 11.5 Å². The number of H-pyrrole nitrogens is 1. The lowest BCUT2D eigenvalue weighted by Crippen LogP contribution is -2.40. The van der Waals surface area contributed by atoms with E-state index in [9.17, 15) is 14.4 Å². The van der Waals surface area contributed by atoms with E-state index in [0.29, 0.717) is 13.1 Å². The van der Waals surface area contributed by atoms with Crippen LogP contribution in [0, 0.1) is 6.92 Å². The molecule has 2 aliphatic rings. The van der Waals surface area contributed by atoms with Crippen LogP contribution in [0.25, 0.3) is 0 Å². The minimum atomic E-state index is -0.334. The summed E-state index contributed by atoms with van der Waals surface area (Å²) in [6.45, 7) is 4.07. The minimum absolute atomic E-state index is 0.141. The molecule has 7 heteroatoms. The fourth-order valence-corrected chi connectivity index (χ4v) is 4.32. The maximum Gasteiger partial charge on any atom is 0.261 e. The summed E-state index contributed by atoms with van der Waals surface area (Å²) in [7, 11) is 0. The van der Waals surface area contributed by atoms with E-state index in [-0.39, 0.29) is 34.9 Å². The fourth-order valence-electron chi connectivity index (χ4n) is 4.32. The second kappa shape index (κ2) is 7.30. The molecule has 1 aliphatic carbocycles. The zero-order chi connectivity index (χ0) is 19.8. The number of fused-ring (bicyclic) bond motifs is 1. The second-order valence-corrected chi connectivity index (χ2v) is 7.80. The zero-order valence-corrected chi connectivity index (χ0v) is 16.2. The second-order valence-electron chi connectivity index (χ2n) is 7.80. The summed E-state index contributed by atoms with van der Waals surface area (Å²) in [5, 5.41) is 2.92. The molecular weight excluding hydrogens is 358 g/mol. The molecule has 0 radical (unpaired) electrons. The molecule has 2 amide bonds. The summed E-state index contributed by atoms with van der Waals surface area (Å²) >= 11 is 0. The fraction of sp³-hybridized carbons (Fsp3) is 0.476. The Balaban J connectivity index is 1.61. The molecule has 0 saturated carbocycles. The van der Waals surface area contributed by atoms with Crippen molar-refractivity contribution in [2.75, 3.05) is 13.1 Å². The molecule has 2 N–H and O–H groups in total. The van der Waals surface area contributed by atoms with Gasteiger partial charge in [-0.05, 0) is 56.4 Å². The van der Waals surface area contributed by atoms with Gasteiger partial charge in [-0.25, -0.2) is 0 Å². The SMILES string of the molecule is CC(=O)N[C@@H]1CN(C(=O)c2cc3c([nH]c2=O)CCCC3)C[C@H]1c1ccc(C)o1. The Morgan fingerprint density at radius 3 is 2.71 bits per heavy atom. The molecule has 148 valence electrons. The zero-order valence-electron chi connectivity index (χ0n) is 16.2. The molecule has 2 aromatic rings. The van der Waals surface area contributed by atoms with Gasteiger partial charge in [0.1, 0.15) is 17.1 Å². The van der Waals surface area contributed by atoms with Crippen molar-refractivity contribution in [2.24, 2.45) is 0 Å². The van der Waals surface area contributed by atoms with E-state index in [1.807, 2.05) is 19.1 Å². The topological polar surface area (TPSA) is 95.4 Å². The van der Waals surface area contributed by atoms with Crippen molar-refractivity contribution in [3.8, 4) is 0 Å². The third kappa shape index (κ3) is 3.48. The van der Waals surface area contributed by atoms with Crippen molar-refractivity contribution in [3.63, 3.8) is 0 Å². The largest absolute Gasteiger partial charge is 0.466 e. The van der Waals surface area contributed by atoms with Gasteiger partial charge < -0.3 is 19.6 Å². The molecule has 0 bridgehead atoms. The van der Waals surface area contributed by atoms with Gasteiger partial charge in [-0.1, -0.05) is 0 Å². The number of aromatic amines is 1. The highest BCUT2D eigenvalue weighted by molar-refractivity contribution is 5.94. The Morgan fingerprint density at radius 2 is 2.00 bits per heavy atom. The number of hydrogen-bond donors (Lipinski definition) is 2. The first-order chi connectivity index (χ1) is 13.4. The first-order valence-electron chi connectivity index (χ1n) is 9.80. The predicted octanol–water partition coefficient (Wildman–Crippen LogP) is 1.90. The Kier molecular flexibility index (Phi) is 4.83. The predicted molar refractivity (Wildman–Crippen MR) is 103 cm³/mol. The lowest BCUT2D eigenvalue weighted by atomic mass is 9.95. The van der Waals surface area contributed by atoms with Crippen LogP contribution in [-0.2, 0) is 17.6 Å². The van der Waals surface area contributed by atoms with E-state index >= 15 is 0 Å². The molecule has 1 saturated heterocycles. The number of likely N-dealkylation sites (tertiary alicyclic amines) is 1. The molecular formula is C21H25N3O4. The Hall–Kier alpha value is -2.83. The van der Waals surface area contributed by atoms with Gasteiger partial charge in [0.05, 0.1) is 12.0 Å². The van der Waals surface area contributed by atoms with Crippen molar-refractivity contribution in [1.82, 2.24) is 15.2 Å². The molecule has 0 aromatic carbocycles. The van der Waals surface area contributed by atoms with Crippen LogP contribution < -0.4 is 10.9 Å². The lowest BCUT2D eigenvalue weighted by Gasteiger charge is -2.19. The highest BCUT2D eigenvalue weighted by Crippen LogP contribution is 2.30. The molecule has 4 rings (SSSR count). The van der Waals surface area contributed by atoms with Crippen LogP contribution in [0.4, 0.5) is 0 Å². The van der Waals surface area contributed by atoms with Gasteiger partial charge in [-0.2, -0.15) is 0 Å². The number of nitrogens with one attached hydrogen (secondary N) is 2. The summed E-state index contributed by atoms with van der Waals surface area (Å²) < 4.78 is 5.75. The summed E-state index contributed by atoms with van der Waals surface area (Å²) in [4.78, 5) is 41.8. The van der Waals surface area contributed by atoms with Crippen LogP contribution in [0.5, 0.6) is 0 Å². The number of carbonyl (C=O) groups excluding carboxylic acids is 2. The average Bonchev–Trinajstić information content (AvgIpc) is 3.26. The van der Waals surface area contributed by atoms with Gasteiger partial charge in [0.15, 0.2) is 0 Å². The monoisotopic (exact) mass is 383 g/mol. The summed E-state index contributed by atoms with van der Waals surface area (Å²) in [6.07, 6.45) is 3.87. The van der Waals surface area contributed by atoms with Crippen LogP contribution in [-0.4, -0.2) is 40.8 Å². The number of rotatable bonds is 3. The number of furan rings is 1. The molecule has 28 heavy (non-hydrogen) atoms. The van der Waals surface area contributed by atoms with Crippen molar-refractivity contribution in [1.29, 1.82) is 0 Å². The Morgan fingerprint density at radius 1 is 1.21 bits per heavy atom. The van der Waals surface area contributed by atoms with E-state index in [1.165, 1.54) is 6.92 Å². The van der Waals surface area contributed by atoms with Gasteiger partial charge in [0, 0.05) is 25.7 Å².